The molecule has 24 heavy (non-hydrogen) atoms. The number of hydrogen-bond donors (Lipinski definition) is 1. The zero-order chi connectivity index (χ0) is 16.8. The van der Waals surface area contributed by atoms with E-state index in [1.54, 1.807) is 12.4 Å². The summed E-state index contributed by atoms with van der Waals surface area (Å²) in [7, 11) is 0. The molecule has 1 aliphatic carbocycles. The lowest BCUT2D eigenvalue weighted by atomic mass is 9.90. The number of carbonyl (C=O) groups excluding carboxylic acids is 1. The van der Waals surface area contributed by atoms with E-state index in [0.29, 0.717) is 17.5 Å². The van der Waals surface area contributed by atoms with Crippen LogP contribution in [0.25, 0.3) is 0 Å². The fourth-order valence-corrected chi connectivity index (χ4v) is 3.49. The number of nitrogens with zero attached hydrogens (tertiary/aromatic N) is 1. The average molecular weight is 343 g/mol. The van der Waals surface area contributed by atoms with Gasteiger partial charge in [-0.3, -0.25) is 9.78 Å². The highest BCUT2D eigenvalue weighted by Crippen LogP contribution is 2.25. The largest absolute Gasteiger partial charge is 0.353 e. The predicted molar refractivity (Wildman–Crippen MR) is 97.1 cm³/mol. The van der Waals surface area contributed by atoms with Gasteiger partial charge in [0.15, 0.2) is 0 Å². The van der Waals surface area contributed by atoms with Gasteiger partial charge in [0.25, 0.3) is 0 Å². The standard InChI is InChI=1S/C20H23ClN2O/c21-17-8-6-16(7-9-17)19(14-15-10-12-22-13-11-15)20(24)23-18-4-2-1-3-5-18/h6-13,18-19H,1-5,14H2,(H,23,24). The van der Waals surface area contributed by atoms with E-state index in [1.165, 1.54) is 19.3 Å². The Hall–Kier alpha value is -1.87. The maximum absolute atomic E-state index is 12.9. The summed E-state index contributed by atoms with van der Waals surface area (Å²) in [6, 6.07) is 11.9. The van der Waals surface area contributed by atoms with Gasteiger partial charge in [0.2, 0.25) is 5.91 Å². The van der Waals surface area contributed by atoms with Crippen LogP contribution in [-0.2, 0) is 11.2 Å². The Labute approximate surface area is 148 Å². The number of aromatic nitrogens is 1. The number of benzene rings is 1. The Bertz CT molecular complexity index is 651. The monoisotopic (exact) mass is 342 g/mol. The summed E-state index contributed by atoms with van der Waals surface area (Å²) >= 11 is 6.00. The fourth-order valence-electron chi connectivity index (χ4n) is 3.36. The molecule has 2 aromatic rings. The van der Waals surface area contributed by atoms with Crippen LogP contribution in [0, 0.1) is 0 Å². The van der Waals surface area contributed by atoms with E-state index < -0.39 is 0 Å². The normalized spacial score (nSPS) is 16.5. The minimum absolute atomic E-state index is 0.112. The number of amides is 1. The maximum Gasteiger partial charge on any atom is 0.228 e. The van der Waals surface area contributed by atoms with E-state index in [1.807, 2.05) is 36.4 Å². The maximum atomic E-state index is 12.9. The molecular weight excluding hydrogens is 320 g/mol. The Morgan fingerprint density at radius 2 is 1.75 bits per heavy atom. The highest BCUT2D eigenvalue weighted by atomic mass is 35.5. The first-order chi connectivity index (χ1) is 11.7. The molecule has 1 heterocycles. The molecule has 0 aliphatic heterocycles. The summed E-state index contributed by atoms with van der Waals surface area (Å²) in [6.07, 6.45) is 10.1. The van der Waals surface area contributed by atoms with Crippen LogP contribution in [0.4, 0.5) is 0 Å². The molecular formula is C20H23ClN2O. The van der Waals surface area contributed by atoms with Crippen molar-refractivity contribution in [3.05, 3.63) is 64.9 Å². The molecule has 1 saturated carbocycles. The molecule has 4 heteroatoms. The molecule has 126 valence electrons. The first-order valence-electron chi connectivity index (χ1n) is 8.67. The minimum atomic E-state index is -0.202. The topological polar surface area (TPSA) is 42.0 Å². The van der Waals surface area contributed by atoms with Gasteiger partial charge in [-0.25, -0.2) is 0 Å². The van der Waals surface area contributed by atoms with E-state index >= 15 is 0 Å². The van der Waals surface area contributed by atoms with Gasteiger partial charge in [-0.15, -0.1) is 0 Å². The highest BCUT2D eigenvalue weighted by molar-refractivity contribution is 6.30. The van der Waals surface area contributed by atoms with Crippen LogP contribution in [-0.4, -0.2) is 16.9 Å². The number of carbonyl (C=O) groups is 1. The molecule has 0 bridgehead atoms. The fraction of sp³-hybridized carbons (Fsp3) is 0.400. The summed E-state index contributed by atoms with van der Waals surface area (Å²) in [5.74, 6) is -0.0902. The summed E-state index contributed by atoms with van der Waals surface area (Å²) < 4.78 is 0. The zero-order valence-electron chi connectivity index (χ0n) is 13.7. The van der Waals surface area contributed by atoms with Crippen LogP contribution in [0.15, 0.2) is 48.8 Å². The molecule has 1 aromatic heterocycles. The third-order valence-electron chi connectivity index (χ3n) is 4.73. The summed E-state index contributed by atoms with van der Waals surface area (Å²) in [4.78, 5) is 17.0. The van der Waals surface area contributed by atoms with Gasteiger partial charge in [0, 0.05) is 23.5 Å². The van der Waals surface area contributed by atoms with Crippen molar-refractivity contribution in [2.24, 2.45) is 0 Å². The van der Waals surface area contributed by atoms with E-state index in [9.17, 15) is 4.79 Å². The van der Waals surface area contributed by atoms with Gasteiger partial charge < -0.3 is 5.32 Å². The molecule has 1 unspecified atom stereocenters. The van der Waals surface area contributed by atoms with Crippen molar-refractivity contribution < 1.29 is 4.79 Å². The lowest BCUT2D eigenvalue weighted by Crippen LogP contribution is -2.39. The SMILES string of the molecule is O=C(NC1CCCCC1)C(Cc1ccncc1)c1ccc(Cl)cc1. The van der Waals surface area contributed by atoms with E-state index in [4.69, 9.17) is 11.6 Å². The number of rotatable bonds is 5. The predicted octanol–water partition coefficient (Wildman–Crippen LogP) is 4.51. The second kappa shape index (κ2) is 8.29. The molecule has 3 rings (SSSR count). The van der Waals surface area contributed by atoms with Gasteiger partial charge >= 0.3 is 0 Å². The summed E-state index contributed by atoms with van der Waals surface area (Å²) in [5, 5.41) is 3.95. The van der Waals surface area contributed by atoms with Crippen LogP contribution in [0.2, 0.25) is 5.02 Å². The van der Waals surface area contributed by atoms with Gasteiger partial charge in [-0.2, -0.15) is 0 Å². The Morgan fingerprint density at radius 1 is 1.08 bits per heavy atom. The zero-order valence-corrected chi connectivity index (χ0v) is 14.5. The molecule has 1 N–H and O–H groups in total. The van der Waals surface area contributed by atoms with Crippen LogP contribution in [0.5, 0.6) is 0 Å². The van der Waals surface area contributed by atoms with Gasteiger partial charge in [0.1, 0.15) is 0 Å². The smallest absolute Gasteiger partial charge is 0.228 e. The van der Waals surface area contributed by atoms with Crippen molar-refractivity contribution in [1.82, 2.24) is 10.3 Å². The Balaban J connectivity index is 1.77. The molecule has 1 aromatic carbocycles. The average Bonchev–Trinajstić information content (AvgIpc) is 2.62. The minimum Gasteiger partial charge on any atom is -0.353 e. The molecule has 1 amide bonds. The van der Waals surface area contributed by atoms with E-state index in [0.717, 1.165) is 24.0 Å². The third kappa shape index (κ3) is 4.57. The van der Waals surface area contributed by atoms with Crippen molar-refractivity contribution in [3.8, 4) is 0 Å². The number of nitrogens with one attached hydrogen (secondary N) is 1. The van der Waals surface area contributed by atoms with Crippen LogP contribution in [0.1, 0.15) is 49.1 Å². The summed E-state index contributed by atoms with van der Waals surface area (Å²) in [5.41, 5.74) is 2.12. The van der Waals surface area contributed by atoms with E-state index in [-0.39, 0.29) is 11.8 Å². The second-order valence-electron chi connectivity index (χ2n) is 6.51. The van der Waals surface area contributed by atoms with Gasteiger partial charge in [0.05, 0.1) is 5.92 Å². The third-order valence-corrected chi connectivity index (χ3v) is 4.98. The Kier molecular flexibility index (Phi) is 5.86. The van der Waals surface area contributed by atoms with Gasteiger partial charge in [-0.05, 0) is 54.7 Å². The summed E-state index contributed by atoms with van der Waals surface area (Å²) in [6.45, 7) is 0. The van der Waals surface area contributed by atoms with Crippen LogP contribution < -0.4 is 5.32 Å². The van der Waals surface area contributed by atoms with E-state index in [2.05, 4.69) is 10.3 Å². The molecule has 1 fully saturated rings. The number of halogens is 1. The van der Waals surface area contributed by atoms with Crippen LogP contribution >= 0.6 is 11.6 Å². The molecule has 0 saturated heterocycles. The molecule has 0 spiro atoms. The number of pyridine rings is 1. The lowest BCUT2D eigenvalue weighted by Gasteiger charge is -2.26. The highest BCUT2D eigenvalue weighted by Gasteiger charge is 2.24. The first-order valence-corrected chi connectivity index (χ1v) is 9.05. The lowest BCUT2D eigenvalue weighted by molar-refractivity contribution is -0.123. The quantitative estimate of drug-likeness (QED) is 0.868. The second-order valence-corrected chi connectivity index (χ2v) is 6.94. The van der Waals surface area contributed by atoms with Crippen molar-refractivity contribution in [2.75, 3.05) is 0 Å². The van der Waals surface area contributed by atoms with Crippen molar-refractivity contribution >= 4 is 17.5 Å². The van der Waals surface area contributed by atoms with Crippen molar-refractivity contribution in [2.45, 2.75) is 50.5 Å². The first kappa shape index (κ1) is 17.0. The molecule has 1 aliphatic rings. The van der Waals surface area contributed by atoms with Crippen molar-refractivity contribution in [1.29, 1.82) is 0 Å². The van der Waals surface area contributed by atoms with Crippen LogP contribution in [0.3, 0.4) is 0 Å². The molecule has 3 nitrogen and oxygen atoms in total. The Morgan fingerprint density at radius 3 is 2.42 bits per heavy atom. The number of hydrogen-bond acceptors (Lipinski definition) is 2. The van der Waals surface area contributed by atoms with Crippen molar-refractivity contribution in [3.63, 3.8) is 0 Å². The molecule has 0 radical (unpaired) electrons. The molecule has 1 atom stereocenters. The van der Waals surface area contributed by atoms with Gasteiger partial charge in [-0.1, -0.05) is 43.0 Å².